The van der Waals surface area contributed by atoms with Crippen LogP contribution in [0.15, 0.2) is 22.7 Å². The number of hydrogen-bond donors (Lipinski definition) is 1. The molecule has 1 aromatic rings. The van der Waals surface area contributed by atoms with Crippen molar-refractivity contribution in [2.45, 2.75) is 18.9 Å². The van der Waals surface area contributed by atoms with E-state index in [0.717, 1.165) is 42.3 Å². The van der Waals surface area contributed by atoms with Gasteiger partial charge in [-0.05, 0) is 37.0 Å². The van der Waals surface area contributed by atoms with Gasteiger partial charge >= 0.3 is 0 Å². The normalized spacial score (nSPS) is 20.1. The summed E-state index contributed by atoms with van der Waals surface area (Å²) in [4.78, 5) is 2.62. The van der Waals surface area contributed by atoms with Crippen LogP contribution in [0.3, 0.4) is 0 Å². The summed E-state index contributed by atoms with van der Waals surface area (Å²) in [6.07, 6.45) is 2.70. The van der Waals surface area contributed by atoms with Crippen molar-refractivity contribution in [1.29, 1.82) is 0 Å². The Kier molecular flexibility index (Phi) is 7.79. The maximum absolute atomic E-state index is 5.59. The van der Waals surface area contributed by atoms with Gasteiger partial charge in [0.05, 0.1) is 7.11 Å². The molecule has 120 valence electrons. The fraction of sp³-hybridized carbons (Fsp3) is 0.600. The van der Waals surface area contributed by atoms with Crippen LogP contribution in [-0.4, -0.2) is 38.2 Å². The van der Waals surface area contributed by atoms with Crippen LogP contribution in [0.1, 0.15) is 24.4 Å². The fourth-order valence-corrected chi connectivity index (χ4v) is 3.44. The van der Waals surface area contributed by atoms with Gasteiger partial charge in [0.15, 0.2) is 0 Å². The smallest absolute Gasteiger partial charge is 0.123 e. The molecule has 1 atom stereocenters. The Morgan fingerprint density at radius 1 is 1.24 bits per heavy atom. The lowest BCUT2D eigenvalue weighted by molar-refractivity contribution is 0.153. The van der Waals surface area contributed by atoms with Crippen molar-refractivity contribution in [2.75, 3.05) is 33.3 Å². The monoisotopic (exact) mass is 396 g/mol. The molecule has 1 aliphatic heterocycles. The topological polar surface area (TPSA) is 24.5 Å². The SMILES string of the molecule is COc1ccc(Br)cc1[C@@H](C1CC1)N1CCNCC1.Cl.Cl. The maximum Gasteiger partial charge on any atom is 0.123 e. The van der Waals surface area contributed by atoms with Crippen LogP contribution in [0, 0.1) is 5.92 Å². The minimum atomic E-state index is 0. The summed E-state index contributed by atoms with van der Waals surface area (Å²) in [5.74, 6) is 1.83. The standard InChI is InChI=1S/C15H21BrN2O.2ClH/c1-19-14-5-4-12(16)10-13(14)15(11-2-3-11)18-8-6-17-7-9-18;;/h4-5,10-11,15,17H,2-3,6-9H2,1H3;2*1H/t15-;;/m1../s1. The average molecular weight is 398 g/mol. The zero-order valence-corrected chi connectivity index (χ0v) is 15.4. The summed E-state index contributed by atoms with van der Waals surface area (Å²) in [5, 5.41) is 3.44. The number of piperazine rings is 1. The zero-order valence-electron chi connectivity index (χ0n) is 12.2. The molecule has 1 aliphatic carbocycles. The lowest BCUT2D eigenvalue weighted by Crippen LogP contribution is -2.45. The van der Waals surface area contributed by atoms with Gasteiger partial charge in [0.1, 0.15) is 5.75 Å². The van der Waals surface area contributed by atoms with E-state index in [2.05, 4.69) is 44.3 Å². The predicted octanol–water partition coefficient (Wildman–Crippen LogP) is 3.66. The Balaban J connectivity index is 0.00000110. The molecule has 21 heavy (non-hydrogen) atoms. The average Bonchev–Trinajstić information content (AvgIpc) is 3.25. The van der Waals surface area contributed by atoms with Gasteiger partial charge in [-0.3, -0.25) is 4.90 Å². The molecule has 2 fully saturated rings. The Morgan fingerprint density at radius 3 is 2.48 bits per heavy atom. The first-order chi connectivity index (χ1) is 9.29. The summed E-state index contributed by atoms with van der Waals surface area (Å²) in [5.41, 5.74) is 1.35. The minimum Gasteiger partial charge on any atom is -0.496 e. The van der Waals surface area contributed by atoms with Crippen LogP contribution in [0.5, 0.6) is 5.75 Å². The molecule has 2 aliphatic rings. The second kappa shape index (κ2) is 8.59. The van der Waals surface area contributed by atoms with Crippen LogP contribution in [0.25, 0.3) is 0 Å². The second-order valence-corrected chi connectivity index (χ2v) is 6.37. The number of halogens is 3. The summed E-state index contributed by atoms with van der Waals surface area (Å²) in [7, 11) is 1.77. The molecule has 0 amide bonds. The highest BCUT2D eigenvalue weighted by Gasteiger charge is 2.38. The molecule has 3 rings (SSSR count). The first-order valence-corrected chi connectivity index (χ1v) is 7.87. The van der Waals surface area contributed by atoms with Gasteiger partial charge in [0, 0.05) is 42.3 Å². The van der Waals surface area contributed by atoms with E-state index in [1.54, 1.807) is 7.11 Å². The van der Waals surface area contributed by atoms with Crippen molar-refractivity contribution >= 4 is 40.7 Å². The molecule has 0 aromatic heterocycles. The van der Waals surface area contributed by atoms with Crippen molar-refractivity contribution in [1.82, 2.24) is 10.2 Å². The molecule has 0 bridgehead atoms. The van der Waals surface area contributed by atoms with Gasteiger partial charge in [-0.1, -0.05) is 15.9 Å². The minimum absolute atomic E-state index is 0. The molecule has 0 spiro atoms. The van der Waals surface area contributed by atoms with Crippen molar-refractivity contribution in [2.24, 2.45) is 5.92 Å². The van der Waals surface area contributed by atoms with Crippen LogP contribution >= 0.6 is 40.7 Å². The summed E-state index contributed by atoms with van der Waals surface area (Å²) < 4.78 is 6.73. The lowest BCUT2D eigenvalue weighted by atomic mass is 9.98. The number of ether oxygens (including phenoxy) is 1. The zero-order chi connectivity index (χ0) is 13.2. The molecule has 1 saturated carbocycles. The predicted molar refractivity (Wildman–Crippen MR) is 95.1 cm³/mol. The van der Waals surface area contributed by atoms with E-state index < -0.39 is 0 Å². The van der Waals surface area contributed by atoms with E-state index >= 15 is 0 Å². The highest BCUT2D eigenvalue weighted by molar-refractivity contribution is 9.10. The Bertz CT molecular complexity index is 451. The molecule has 1 heterocycles. The summed E-state index contributed by atoms with van der Waals surface area (Å²) >= 11 is 3.60. The van der Waals surface area contributed by atoms with E-state index in [-0.39, 0.29) is 24.8 Å². The van der Waals surface area contributed by atoms with Crippen LogP contribution in [0.2, 0.25) is 0 Å². The van der Waals surface area contributed by atoms with Gasteiger partial charge in [-0.2, -0.15) is 0 Å². The quantitative estimate of drug-likeness (QED) is 0.838. The second-order valence-electron chi connectivity index (χ2n) is 5.45. The number of rotatable bonds is 4. The van der Waals surface area contributed by atoms with Crippen molar-refractivity contribution < 1.29 is 4.74 Å². The van der Waals surface area contributed by atoms with E-state index in [4.69, 9.17) is 4.74 Å². The van der Waals surface area contributed by atoms with Crippen molar-refractivity contribution in [3.8, 4) is 5.75 Å². The molecule has 1 aromatic carbocycles. The third kappa shape index (κ3) is 4.49. The number of nitrogens with zero attached hydrogens (tertiary/aromatic N) is 1. The van der Waals surface area contributed by atoms with Gasteiger partial charge in [0.2, 0.25) is 0 Å². The van der Waals surface area contributed by atoms with Crippen LogP contribution < -0.4 is 10.1 Å². The maximum atomic E-state index is 5.59. The third-order valence-electron chi connectivity index (χ3n) is 4.12. The van der Waals surface area contributed by atoms with Gasteiger partial charge in [0.25, 0.3) is 0 Å². The Morgan fingerprint density at radius 2 is 1.90 bits per heavy atom. The Hall–Kier alpha value is -0.000000000000000222. The van der Waals surface area contributed by atoms with Crippen molar-refractivity contribution in [3.05, 3.63) is 28.2 Å². The lowest BCUT2D eigenvalue weighted by Gasteiger charge is -2.36. The molecular weight excluding hydrogens is 375 g/mol. The molecule has 3 nitrogen and oxygen atoms in total. The highest BCUT2D eigenvalue weighted by atomic mass is 79.9. The van der Waals surface area contributed by atoms with Crippen LogP contribution in [0.4, 0.5) is 0 Å². The molecular formula is C15H23BrCl2N2O. The summed E-state index contributed by atoms with van der Waals surface area (Å²) in [6.45, 7) is 4.47. The van der Waals surface area contributed by atoms with Gasteiger partial charge in [-0.25, -0.2) is 0 Å². The highest BCUT2D eigenvalue weighted by Crippen LogP contribution is 2.47. The number of benzene rings is 1. The largest absolute Gasteiger partial charge is 0.496 e. The van der Waals surface area contributed by atoms with E-state index in [1.807, 2.05) is 0 Å². The first-order valence-electron chi connectivity index (χ1n) is 7.08. The van der Waals surface area contributed by atoms with Crippen LogP contribution in [-0.2, 0) is 0 Å². The third-order valence-corrected chi connectivity index (χ3v) is 4.62. The fourth-order valence-electron chi connectivity index (χ4n) is 3.06. The molecule has 0 radical (unpaired) electrons. The summed E-state index contributed by atoms with van der Waals surface area (Å²) in [6, 6.07) is 6.90. The van der Waals surface area contributed by atoms with Gasteiger partial charge in [-0.15, -0.1) is 24.8 Å². The number of hydrogen-bond acceptors (Lipinski definition) is 3. The first kappa shape index (κ1) is 19.0. The number of nitrogens with one attached hydrogen (secondary N) is 1. The molecule has 1 N–H and O–H groups in total. The Labute approximate surface area is 147 Å². The molecule has 0 unspecified atom stereocenters. The molecule has 1 saturated heterocycles. The molecule has 6 heteroatoms. The van der Waals surface area contributed by atoms with E-state index in [9.17, 15) is 0 Å². The van der Waals surface area contributed by atoms with E-state index in [1.165, 1.54) is 18.4 Å². The number of methoxy groups -OCH3 is 1. The van der Waals surface area contributed by atoms with E-state index in [0.29, 0.717) is 6.04 Å². The van der Waals surface area contributed by atoms with Gasteiger partial charge < -0.3 is 10.1 Å². The van der Waals surface area contributed by atoms with Crippen molar-refractivity contribution in [3.63, 3.8) is 0 Å².